The molecule has 2 heterocycles. The average Bonchev–Trinajstić information content (AvgIpc) is 2.71. The Bertz CT molecular complexity index is 1050. The van der Waals surface area contributed by atoms with E-state index in [4.69, 9.17) is 0 Å². The molecule has 1 saturated heterocycles. The van der Waals surface area contributed by atoms with Crippen LogP contribution in [0.3, 0.4) is 0 Å². The molecule has 1 spiro atoms. The fourth-order valence-electron chi connectivity index (χ4n) is 6.21. The van der Waals surface area contributed by atoms with Crippen molar-refractivity contribution >= 4 is 5.82 Å². The Hall–Kier alpha value is -2.39. The maximum absolute atomic E-state index is 12.9. The van der Waals surface area contributed by atoms with Gasteiger partial charge in [0.25, 0.3) is 0 Å². The first-order chi connectivity index (χ1) is 16.1. The monoisotopic (exact) mass is 476 g/mol. The van der Waals surface area contributed by atoms with Gasteiger partial charge in [0, 0.05) is 24.7 Å². The standard InChI is InChI=1S/C25H31F3N4O2/c1-15-7-22(30-31-23(15)20-5-4-17(8-21(20)34)25(26,27)28)29-18-3-2-6-32(14-18)13-16-9-24(10-16)11-19(33)12-24/h4-5,7-8,16,18-19,33-34H,2-3,6,9-14H2,1H3,(H,29,30)/t16?,18-,19?,24?/m1/s1. The molecule has 1 atom stereocenters. The minimum absolute atomic E-state index is 0.0799. The van der Waals surface area contributed by atoms with Gasteiger partial charge < -0.3 is 20.4 Å². The third kappa shape index (κ3) is 4.73. The van der Waals surface area contributed by atoms with E-state index in [-0.39, 0.29) is 17.7 Å². The first-order valence-corrected chi connectivity index (χ1v) is 12.0. The first kappa shape index (κ1) is 23.4. The number of piperidine rings is 1. The van der Waals surface area contributed by atoms with Crippen molar-refractivity contribution in [2.75, 3.05) is 25.0 Å². The van der Waals surface area contributed by atoms with Crippen LogP contribution in [0.25, 0.3) is 11.3 Å². The summed E-state index contributed by atoms with van der Waals surface area (Å²) in [4.78, 5) is 2.52. The molecule has 2 saturated carbocycles. The lowest BCUT2D eigenvalue weighted by Crippen LogP contribution is -2.53. The van der Waals surface area contributed by atoms with Crippen LogP contribution < -0.4 is 5.32 Å². The van der Waals surface area contributed by atoms with Gasteiger partial charge in [-0.3, -0.25) is 0 Å². The molecule has 9 heteroatoms. The van der Waals surface area contributed by atoms with Crippen molar-refractivity contribution in [2.24, 2.45) is 11.3 Å². The number of likely N-dealkylation sites (tertiary alicyclic amines) is 1. The van der Waals surface area contributed by atoms with Crippen LogP contribution in [0.2, 0.25) is 0 Å². The lowest BCUT2D eigenvalue weighted by atomic mass is 9.50. The van der Waals surface area contributed by atoms with Crippen LogP contribution >= 0.6 is 0 Å². The van der Waals surface area contributed by atoms with E-state index in [9.17, 15) is 23.4 Å². The van der Waals surface area contributed by atoms with Crippen LogP contribution in [0, 0.1) is 18.3 Å². The zero-order valence-corrected chi connectivity index (χ0v) is 19.3. The Morgan fingerprint density at radius 3 is 2.56 bits per heavy atom. The largest absolute Gasteiger partial charge is 0.507 e. The van der Waals surface area contributed by atoms with Gasteiger partial charge in [-0.1, -0.05) is 0 Å². The highest BCUT2D eigenvalue weighted by Gasteiger charge is 2.52. The second kappa shape index (κ2) is 8.68. The smallest absolute Gasteiger partial charge is 0.416 e. The van der Waals surface area contributed by atoms with Crippen LogP contribution in [0.5, 0.6) is 5.75 Å². The number of aliphatic hydroxyl groups is 1. The van der Waals surface area contributed by atoms with Crippen LogP contribution in [0.1, 0.15) is 49.7 Å². The molecule has 3 aliphatic rings. The predicted molar refractivity (Wildman–Crippen MR) is 122 cm³/mol. The molecule has 3 N–H and O–H groups in total. The Morgan fingerprint density at radius 1 is 1.15 bits per heavy atom. The van der Waals surface area contributed by atoms with Gasteiger partial charge in [0.2, 0.25) is 0 Å². The molecular formula is C25H31F3N4O2. The van der Waals surface area contributed by atoms with E-state index in [0.717, 1.165) is 68.9 Å². The molecule has 34 heavy (non-hydrogen) atoms. The molecule has 2 aliphatic carbocycles. The van der Waals surface area contributed by atoms with E-state index in [0.29, 0.717) is 16.9 Å². The van der Waals surface area contributed by atoms with E-state index >= 15 is 0 Å². The molecule has 184 valence electrons. The van der Waals surface area contributed by atoms with Gasteiger partial charge in [-0.15, -0.1) is 10.2 Å². The molecule has 0 amide bonds. The van der Waals surface area contributed by atoms with Gasteiger partial charge in [-0.05, 0) is 93.2 Å². The van der Waals surface area contributed by atoms with E-state index in [1.807, 2.05) is 13.0 Å². The lowest BCUT2D eigenvalue weighted by Gasteiger charge is -2.57. The molecule has 6 nitrogen and oxygen atoms in total. The van der Waals surface area contributed by atoms with Crippen LogP contribution in [-0.2, 0) is 6.18 Å². The van der Waals surface area contributed by atoms with E-state index in [1.54, 1.807) is 0 Å². The van der Waals surface area contributed by atoms with Crippen LogP contribution in [-0.4, -0.2) is 57.1 Å². The van der Waals surface area contributed by atoms with Crippen molar-refractivity contribution < 1.29 is 23.4 Å². The second-order valence-corrected chi connectivity index (χ2v) is 10.6. The fourth-order valence-corrected chi connectivity index (χ4v) is 6.21. The summed E-state index contributed by atoms with van der Waals surface area (Å²) in [7, 11) is 0. The van der Waals surface area contributed by atoms with Crippen LogP contribution in [0.15, 0.2) is 24.3 Å². The number of benzene rings is 1. The van der Waals surface area contributed by atoms with Gasteiger partial charge >= 0.3 is 6.18 Å². The first-order valence-electron chi connectivity index (χ1n) is 12.0. The van der Waals surface area contributed by atoms with E-state index in [2.05, 4.69) is 20.4 Å². The molecule has 1 aliphatic heterocycles. The number of anilines is 1. The zero-order chi connectivity index (χ0) is 24.1. The molecule has 2 aromatic rings. The van der Waals surface area contributed by atoms with E-state index < -0.39 is 17.5 Å². The summed E-state index contributed by atoms with van der Waals surface area (Å²) in [5, 5.41) is 31.7. The summed E-state index contributed by atoms with van der Waals surface area (Å²) in [5.74, 6) is 0.888. The number of nitrogens with one attached hydrogen (secondary N) is 1. The summed E-state index contributed by atoms with van der Waals surface area (Å²) < 4.78 is 38.7. The van der Waals surface area contributed by atoms with Crippen molar-refractivity contribution in [3.63, 3.8) is 0 Å². The Balaban J connectivity index is 1.19. The topological polar surface area (TPSA) is 81.5 Å². The summed E-state index contributed by atoms with van der Waals surface area (Å²) in [6, 6.07) is 4.98. The second-order valence-electron chi connectivity index (χ2n) is 10.6. The molecule has 0 radical (unpaired) electrons. The SMILES string of the molecule is Cc1cc(N[C@@H]2CCCN(CC3CC4(CC(O)C4)C3)C2)nnc1-c1ccc(C(F)(F)F)cc1O. The number of hydrogen-bond acceptors (Lipinski definition) is 6. The molecule has 5 rings (SSSR count). The summed E-state index contributed by atoms with van der Waals surface area (Å²) >= 11 is 0. The average molecular weight is 477 g/mol. The number of phenols is 1. The highest BCUT2D eigenvalue weighted by Crippen LogP contribution is 2.58. The van der Waals surface area contributed by atoms with Gasteiger partial charge in [0.05, 0.1) is 17.4 Å². The van der Waals surface area contributed by atoms with Gasteiger partial charge in [-0.25, -0.2) is 0 Å². The van der Waals surface area contributed by atoms with Crippen molar-refractivity contribution in [1.29, 1.82) is 0 Å². The predicted octanol–water partition coefficient (Wildman–Crippen LogP) is 4.60. The van der Waals surface area contributed by atoms with Gasteiger partial charge in [-0.2, -0.15) is 13.2 Å². The third-order valence-corrected chi connectivity index (χ3v) is 7.72. The number of phenolic OH excluding ortho intramolecular Hbond substituents is 1. The Morgan fingerprint density at radius 2 is 1.91 bits per heavy atom. The van der Waals surface area contributed by atoms with Crippen molar-refractivity contribution in [1.82, 2.24) is 15.1 Å². The number of aliphatic hydroxyl groups excluding tert-OH is 1. The minimum atomic E-state index is -4.52. The molecule has 0 bridgehead atoms. The van der Waals surface area contributed by atoms with Gasteiger partial charge in [0.1, 0.15) is 11.6 Å². The minimum Gasteiger partial charge on any atom is -0.507 e. The third-order valence-electron chi connectivity index (χ3n) is 7.72. The van der Waals surface area contributed by atoms with Crippen molar-refractivity contribution in [3.05, 3.63) is 35.4 Å². The maximum atomic E-state index is 12.9. The number of hydrogen-bond donors (Lipinski definition) is 3. The molecular weight excluding hydrogens is 445 g/mol. The lowest BCUT2D eigenvalue weighted by molar-refractivity contribution is -0.137. The summed E-state index contributed by atoms with van der Waals surface area (Å²) in [6.07, 6.45) is 1.99. The van der Waals surface area contributed by atoms with Crippen molar-refractivity contribution in [3.8, 4) is 17.0 Å². The fraction of sp³-hybridized carbons (Fsp3) is 0.600. The van der Waals surface area contributed by atoms with Crippen molar-refractivity contribution in [2.45, 2.75) is 63.8 Å². The number of alkyl halides is 3. The molecule has 1 aromatic heterocycles. The maximum Gasteiger partial charge on any atom is 0.416 e. The molecule has 3 fully saturated rings. The number of nitrogens with zero attached hydrogens (tertiary/aromatic N) is 3. The summed E-state index contributed by atoms with van der Waals surface area (Å²) in [6.45, 7) is 4.95. The number of halogens is 3. The quantitative estimate of drug-likeness (QED) is 0.585. The highest BCUT2D eigenvalue weighted by molar-refractivity contribution is 5.70. The summed E-state index contributed by atoms with van der Waals surface area (Å²) in [5.41, 5.74) is 0.852. The number of aromatic hydroxyl groups is 1. The number of aromatic nitrogens is 2. The highest BCUT2D eigenvalue weighted by atomic mass is 19.4. The van der Waals surface area contributed by atoms with E-state index in [1.165, 1.54) is 18.9 Å². The number of aryl methyl sites for hydroxylation is 1. The van der Waals surface area contributed by atoms with Crippen LogP contribution in [0.4, 0.5) is 19.0 Å². The Labute approximate surface area is 197 Å². The Kier molecular flexibility index (Phi) is 5.96. The van der Waals surface area contributed by atoms with Gasteiger partial charge in [0.15, 0.2) is 0 Å². The zero-order valence-electron chi connectivity index (χ0n) is 19.3. The number of rotatable bonds is 5. The molecule has 0 unspecified atom stereocenters. The normalized spacial score (nSPS) is 29.5. The molecule has 1 aromatic carbocycles.